The summed E-state index contributed by atoms with van der Waals surface area (Å²) >= 11 is 0. The number of ether oxygens (including phenoxy) is 2. The number of nitrogens with one attached hydrogen (secondary N) is 1. The molecule has 1 saturated carbocycles. The Morgan fingerprint density at radius 3 is 2.53 bits per heavy atom. The van der Waals surface area contributed by atoms with Crippen molar-refractivity contribution in [3.05, 3.63) is 17.3 Å². The van der Waals surface area contributed by atoms with Gasteiger partial charge in [-0.3, -0.25) is 4.90 Å². The standard InChI is InChI=1S/C22H33N5O3/c1-2-30-22(28)17-14-18(19(21(24)25-17)20(23)15-4-3-5-15)27-8-6-16(7-9-27)26-10-12-29-13-11-26/h14-16,23H,2-13H2,1H3,(H2,24,25). The van der Waals surface area contributed by atoms with Gasteiger partial charge in [-0.15, -0.1) is 0 Å². The Morgan fingerprint density at radius 2 is 1.93 bits per heavy atom. The molecule has 2 saturated heterocycles. The lowest BCUT2D eigenvalue weighted by Gasteiger charge is -2.41. The average Bonchev–Trinajstić information content (AvgIpc) is 2.72. The lowest BCUT2D eigenvalue weighted by molar-refractivity contribution is 0.0115. The van der Waals surface area contributed by atoms with Crippen molar-refractivity contribution in [1.29, 1.82) is 5.41 Å². The van der Waals surface area contributed by atoms with Gasteiger partial charge in [0.15, 0.2) is 5.69 Å². The molecule has 3 fully saturated rings. The number of carbonyl (C=O) groups is 1. The molecule has 3 N–H and O–H groups in total. The summed E-state index contributed by atoms with van der Waals surface area (Å²) in [6, 6.07) is 2.34. The molecule has 8 nitrogen and oxygen atoms in total. The minimum absolute atomic E-state index is 0.227. The zero-order valence-corrected chi connectivity index (χ0v) is 17.9. The van der Waals surface area contributed by atoms with Gasteiger partial charge in [0, 0.05) is 43.9 Å². The Hall–Kier alpha value is -2.19. The number of hydrogen-bond donors (Lipinski definition) is 2. The molecule has 0 atom stereocenters. The van der Waals surface area contributed by atoms with Gasteiger partial charge in [0.05, 0.1) is 31.1 Å². The van der Waals surface area contributed by atoms with Gasteiger partial charge in [-0.2, -0.15) is 0 Å². The molecule has 0 unspecified atom stereocenters. The molecule has 8 heteroatoms. The van der Waals surface area contributed by atoms with Crippen LogP contribution in [-0.2, 0) is 9.47 Å². The first-order chi connectivity index (χ1) is 14.6. The summed E-state index contributed by atoms with van der Waals surface area (Å²) in [5, 5.41) is 8.76. The fourth-order valence-corrected chi connectivity index (χ4v) is 4.70. The predicted octanol–water partition coefficient (Wildman–Crippen LogP) is 2.31. The van der Waals surface area contributed by atoms with Crippen LogP contribution in [0.4, 0.5) is 11.5 Å². The highest BCUT2D eigenvalue weighted by molar-refractivity contribution is 6.09. The summed E-state index contributed by atoms with van der Waals surface area (Å²) in [5.41, 5.74) is 8.67. The summed E-state index contributed by atoms with van der Waals surface area (Å²) < 4.78 is 10.6. The maximum Gasteiger partial charge on any atom is 0.357 e. The molecule has 30 heavy (non-hydrogen) atoms. The molecule has 1 aromatic heterocycles. The summed E-state index contributed by atoms with van der Waals surface area (Å²) in [6.45, 7) is 7.44. The first-order valence-electron chi connectivity index (χ1n) is 11.2. The highest BCUT2D eigenvalue weighted by Crippen LogP contribution is 2.36. The van der Waals surface area contributed by atoms with E-state index in [9.17, 15) is 4.79 Å². The number of nitrogens with two attached hydrogens (primary N) is 1. The number of hydrogen-bond acceptors (Lipinski definition) is 8. The summed E-state index contributed by atoms with van der Waals surface area (Å²) in [7, 11) is 0. The highest BCUT2D eigenvalue weighted by atomic mass is 16.5. The highest BCUT2D eigenvalue weighted by Gasteiger charge is 2.32. The van der Waals surface area contributed by atoms with Crippen LogP contribution in [0.15, 0.2) is 6.07 Å². The van der Waals surface area contributed by atoms with Gasteiger partial charge in [-0.05, 0) is 38.7 Å². The normalized spacial score (nSPS) is 21.3. The molecule has 0 spiro atoms. The Bertz CT molecular complexity index is 781. The van der Waals surface area contributed by atoms with E-state index in [1.165, 1.54) is 0 Å². The zero-order chi connectivity index (χ0) is 21.1. The molecule has 164 valence electrons. The maximum absolute atomic E-state index is 12.3. The SMILES string of the molecule is CCOC(=O)c1cc(N2CCC(N3CCOCC3)CC2)c(C(=N)C2CCC2)c(N)n1. The largest absolute Gasteiger partial charge is 0.461 e. The quantitative estimate of drug-likeness (QED) is 0.543. The fourth-order valence-electron chi connectivity index (χ4n) is 4.70. The van der Waals surface area contributed by atoms with Crippen LogP contribution in [0, 0.1) is 11.3 Å². The molecule has 3 heterocycles. The van der Waals surface area contributed by atoms with Crippen LogP contribution in [0.1, 0.15) is 55.1 Å². The van der Waals surface area contributed by atoms with Crippen LogP contribution in [0.3, 0.4) is 0 Å². The van der Waals surface area contributed by atoms with Crippen molar-refractivity contribution >= 4 is 23.2 Å². The topological polar surface area (TPSA) is 105 Å². The molecule has 0 bridgehead atoms. The van der Waals surface area contributed by atoms with Crippen LogP contribution in [-0.4, -0.2) is 73.6 Å². The number of rotatable bonds is 6. The second-order valence-corrected chi connectivity index (χ2v) is 8.42. The van der Waals surface area contributed by atoms with Gasteiger partial charge >= 0.3 is 5.97 Å². The van der Waals surface area contributed by atoms with E-state index < -0.39 is 5.97 Å². The van der Waals surface area contributed by atoms with E-state index in [2.05, 4.69) is 14.8 Å². The lowest BCUT2D eigenvalue weighted by Crippen LogP contribution is -2.49. The molecular weight excluding hydrogens is 382 g/mol. The maximum atomic E-state index is 12.3. The summed E-state index contributed by atoms with van der Waals surface area (Å²) in [6.07, 6.45) is 5.30. The van der Waals surface area contributed by atoms with E-state index in [1.54, 1.807) is 13.0 Å². The van der Waals surface area contributed by atoms with Crippen molar-refractivity contribution in [3.8, 4) is 0 Å². The number of piperidine rings is 1. The van der Waals surface area contributed by atoms with Crippen molar-refractivity contribution in [2.75, 3.05) is 56.6 Å². The van der Waals surface area contributed by atoms with Gasteiger partial charge in [-0.1, -0.05) is 6.42 Å². The number of nitrogen functional groups attached to an aromatic ring is 1. The monoisotopic (exact) mass is 415 g/mol. The van der Waals surface area contributed by atoms with Crippen molar-refractivity contribution in [1.82, 2.24) is 9.88 Å². The number of nitrogens with zero attached hydrogens (tertiary/aromatic N) is 3. The van der Waals surface area contributed by atoms with Gasteiger partial charge < -0.3 is 25.5 Å². The van der Waals surface area contributed by atoms with Gasteiger partial charge in [0.25, 0.3) is 0 Å². The van der Waals surface area contributed by atoms with E-state index in [0.717, 1.165) is 77.2 Å². The number of carbonyl (C=O) groups excluding carboxylic acids is 1. The van der Waals surface area contributed by atoms with E-state index in [-0.39, 0.29) is 17.4 Å². The zero-order valence-electron chi connectivity index (χ0n) is 17.9. The van der Waals surface area contributed by atoms with Crippen molar-refractivity contribution in [2.24, 2.45) is 5.92 Å². The van der Waals surface area contributed by atoms with Crippen LogP contribution in [0.5, 0.6) is 0 Å². The average molecular weight is 416 g/mol. The Morgan fingerprint density at radius 1 is 1.23 bits per heavy atom. The van der Waals surface area contributed by atoms with Crippen molar-refractivity contribution < 1.29 is 14.3 Å². The first kappa shape index (κ1) is 21.1. The van der Waals surface area contributed by atoms with Gasteiger partial charge in [0.2, 0.25) is 0 Å². The number of aromatic nitrogens is 1. The van der Waals surface area contributed by atoms with Crippen molar-refractivity contribution in [3.63, 3.8) is 0 Å². The van der Waals surface area contributed by atoms with E-state index in [4.69, 9.17) is 20.6 Å². The van der Waals surface area contributed by atoms with Gasteiger partial charge in [-0.25, -0.2) is 9.78 Å². The number of anilines is 2. The van der Waals surface area contributed by atoms with Gasteiger partial charge in [0.1, 0.15) is 5.82 Å². The first-order valence-corrected chi connectivity index (χ1v) is 11.2. The lowest BCUT2D eigenvalue weighted by atomic mass is 9.79. The number of esters is 1. The van der Waals surface area contributed by atoms with E-state index >= 15 is 0 Å². The minimum atomic E-state index is -0.463. The molecular formula is C22H33N5O3. The Balaban J connectivity index is 1.58. The Labute approximate surface area is 178 Å². The van der Waals surface area contributed by atoms with E-state index in [0.29, 0.717) is 23.9 Å². The van der Waals surface area contributed by atoms with Crippen LogP contribution < -0.4 is 10.6 Å². The number of pyridine rings is 1. The van der Waals surface area contributed by atoms with Crippen LogP contribution >= 0.6 is 0 Å². The molecule has 4 rings (SSSR count). The van der Waals surface area contributed by atoms with Crippen LogP contribution in [0.2, 0.25) is 0 Å². The second-order valence-electron chi connectivity index (χ2n) is 8.42. The molecule has 0 amide bonds. The summed E-state index contributed by atoms with van der Waals surface area (Å²) in [4.78, 5) is 21.5. The Kier molecular flexibility index (Phi) is 6.53. The fraction of sp³-hybridized carbons (Fsp3) is 0.682. The minimum Gasteiger partial charge on any atom is -0.461 e. The molecule has 1 aromatic rings. The van der Waals surface area contributed by atoms with Crippen LogP contribution in [0.25, 0.3) is 0 Å². The van der Waals surface area contributed by atoms with E-state index in [1.807, 2.05) is 0 Å². The second kappa shape index (κ2) is 9.31. The van der Waals surface area contributed by atoms with Crippen molar-refractivity contribution in [2.45, 2.75) is 45.1 Å². The smallest absolute Gasteiger partial charge is 0.357 e. The predicted molar refractivity (Wildman–Crippen MR) is 116 cm³/mol. The molecule has 2 aliphatic heterocycles. The third kappa shape index (κ3) is 4.30. The summed E-state index contributed by atoms with van der Waals surface area (Å²) in [5.74, 6) is 0.0466. The third-order valence-electron chi connectivity index (χ3n) is 6.66. The number of morpholine rings is 1. The molecule has 1 aliphatic carbocycles. The molecule has 3 aliphatic rings. The molecule has 0 aromatic carbocycles. The molecule has 0 radical (unpaired) electrons. The third-order valence-corrected chi connectivity index (χ3v) is 6.66.